The van der Waals surface area contributed by atoms with E-state index in [1.165, 1.54) is 37.2 Å². The van der Waals surface area contributed by atoms with Gasteiger partial charge in [0.1, 0.15) is 10.8 Å². The largest absolute Gasteiger partial charge is 0.608 e. The van der Waals surface area contributed by atoms with E-state index in [4.69, 9.17) is 9.47 Å². The first kappa shape index (κ1) is 21.0. The maximum Gasteiger partial charge on any atom is 0.262 e. The minimum Gasteiger partial charge on any atom is -0.608 e. The smallest absolute Gasteiger partial charge is 0.262 e. The third-order valence-corrected chi connectivity index (χ3v) is 6.20. The molecule has 0 aliphatic carbocycles. The highest BCUT2D eigenvalue weighted by molar-refractivity contribution is 8.10. The highest BCUT2D eigenvalue weighted by Crippen LogP contribution is 2.27. The third-order valence-electron chi connectivity index (χ3n) is 3.46. The van der Waals surface area contributed by atoms with Gasteiger partial charge in [0.05, 0.1) is 14.2 Å². The Morgan fingerprint density at radius 2 is 1.22 bits per heavy atom. The SMILES string of the molecule is COc1ccc(/C=C/[S+]([O-])C[S+]([O-])/C=C/c2ccc(OC)c(O)c2)cc1O. The van der Waals surface area contributed by atoms with Gasteiger partial charge in [0.15, 0.2) is 23.0 Å². The van der Waals surface area contributed by atoms with Crippen molar-refractivity contribution in [1.29, 1.82) is 0 Å². The summed E-state index contributed by atoms with van der Waals surface area (Å²) >= 11 is -2.89. The predicted octanol–water partition coefficient (Wildman–Crippen LogP) is 3.21. The Morgan fingerprint density at radius 1 is 0.815 bits per heavy atom. The molecular weight excluding hydrogens is 388 g/mol. The van der Waals surface area contributed by atoms with Gasteiger partial charge in [-0.3, -0.25) is 0 Å². The first-order valence-electron chi connectivity index (χ1n) is 7.77. The van der Waals surface area contributed by atoms with Crippen LogP contribution in [0.25, 0.3) is 12.2 Å². The summed E-state index contributed by atoms with van der Waals surface area (Å²) < 4.78 is 34.0. The van der Waals surface area contributed by atoms with Crippen molar-refractivity contribution in [2.45, 2.75) is 0 Å². The van der Waals surface area contributed by atoms with Gasteiger partial charge < -0.3 is 28.8 Å². The molecule has 0 amide bonds. The van der Waals surface area contributed by atoms with E-state index < -0.39 is 22.4 Å². The molecule has 2 aromatic rings. The number of rotatable bonds is 8. The molecule has 0 aromatic heterocycles. The highest BCUT2D eigenvalue weighted by atomic mass is 32.3. The molecule has 27 heavy (non-hydrogen) atoms. The van der Waals surface area contributed by atoms with Crippen LogP contribution in [0.15, 0.2) is 47.2 Å². The summed E-state index contributed by atoms with van der Waals surface area (Å²) in [4.78, 5) is 0. The van der Waals surface area contributed by atoms with E-state index in [1.807, 2.05) is 0 Å². The molecule has 6 nitrogen and oxygen atoms in total. The van der Waals surface area contributed by atoms with E-state index in [-0.39, 0.29) is 16.6 Å². The van der Waals surface area contributed by atoms with Crippen molar-refractivity contribution in [3.05, 3.63) is 58.3 Å². The molecule has 0 saturated heterocycles. The summed E-state index contributed by atoms with van der Waals surface area (Å²) in [6, 6.07) is 9.59. The molecule has 2 atom stereocenters. The van der Waals surface area contributed by atoms with E-state index >= 15 is 0 Å². The second-order valence-electron chi connectivity index (χ2n) is 5.35. The topological polar surface area (TPSA) is 105 Å². The van der Waals surface area contributed by atoms with Gasteiger partial charge in [0.2, 0.25) is 0 Å². The fourth-order valence-corrected chi connectivity index (χ4v) is 4.29. The molecule has 8 heteroatoms. The Kier molecular flexibility index (Phi) is 7.93. The Balaban J connectivity index is 1.91. The zero-order valence-electron chi connectivity index (χ0n) is 14.8. The molecule has 2 aromatic carbocycles. The Labute approximate surface area is 164 Å². The molecule has 0 saturated carbocycles. The van der Waals surface area contributed by atoms with Crippen molar-refractivity contribution in [2.75, 3.05) is 19.3 Å². The van der Waals surface area contributed by atoms with Crippen LogP contribution in [0.4, 0.5) is 0 Å². The van der Waals surface area contributed by atoms with Crippen molar-refractivity contribution in [1.82, 2.24) is 0 Å². The number of aromatic hydroxyl groups is 2. The molecular formula is C19H20O6S2. The second kappa shape index (κ2) is 10.2. The van der Waals surface area contributed by atoms with E-state index in [9.17, 15) is 19.3 Å². The third kappa shape index (κ3) is 6.44. The number of phenols is 2. The molecule has 0 radical (unpaired) electrons. The fraction of sp³-hybridized carbons (Fsp3) is 0.158. The van der Waals surface area contributed by atoms with Crippen LogP contribution in [0, 0.1) is 0 Å². The van der Waals surface area contributed by atoms with Gasteiger partial charge in [-0.2, -0.15) is 0 Å². The number of hydrogen-bond acceptors (Lipinski definition) is 6. The quantitative estimate of drug-likeness (QED) is 0.650. The average molecular weight is 408 g/mol. The normalized spacial score (nSPS) is 13.8. The van der Waals surface area contributed by atoms with Crippen LogP contribution < -0.4 is 9.47 Å². The minimum absolute atomic E-state index is 0.0142. The van der Waals surface area contributed by atoms with Crippen LogP contribution in [-0.4, -0.2) is 38.6 Å². The lowest BCUT2D eigenvalue weighted by atomic mass is 10.2. The van der Waals surface area contributed by atoms with Crippen LogP contribution in [0.3, 0.4) is 0 Å². The van der Waals surface area contributed by atoms with Crippen molar-refractivity contribution in [3.63, 3.8) is 0 Å². The number of ether oxygens (including phenoxy) is 2. The summed E-state index contributed by atoms with van der Waals surface area (Å²) in [5, 5.41) is 22.2. The lowest BCUT2D eigenvalue weighted by Gasteiger charge is -2.08. The zero-order chi connectivity index (χ0) is 19.8. The molecule has 0 spiro atoms. The van der Waals surface area contributed by atoms with Gasteiger partial charge in [0, 0.05) is 22.4 Å². The van der Waals surface area contributed by atoms with Crippen molar-refractivity contribution in [2.24, 2.45) is 0 Å². The lowest BCUT2D eigenvalue weighted by Crippen LogP contribution is -2.11. The van der Waals surface area contributed by atoms with Gasteiger partial charge in [-0.25, -0.2) is 0 Å². The summed E-state index contributed by atoms with van der Waals surface area (Å²) in [6.45, 7) is 0. The van der Waals surface area contributed by atoms with Gasteiger partial charge in [0.25, 0.3) is 5.08 Å². The number of phenolic OH excluding ortho intramolecular Hbond substituents is 2. The number of methoxy groups -OCH3 is 2. The number of hydrogen-bond donors (Lipinski definition) is 2. The highest BCUT2D eigenvalue weighted by Gasteiger charge is 2.12. The first-order chi connectivity index (χ1) is 12.9. The van der Waals surface area contributed by atoms with Crippen LogP contribution in [-0.2, 0) is 22.4 Å². The van der Waals surface area contributed by atoms with Gasteiger partial charge in [-0.15, -0.1) is 0 Å². The average Bonchev–Trinajstić information content (AvgIpc) is 2.65. The molecule has 0 fully saturated rings. The van der Waals surface area contributed by atoms with Crippen LogP contribution in [0.2, 0.25) is 0 Å². The molecule has 2 N–H and O–H groups in total. The Morgan fingerprint density at radius 3 is 1.56 bits per heavy atom. The number of benzene rings is 2. The summed E-state index contributed by atoms with van der Waals surface area (Å²) in [5.41, 5.74) is 1.30. The maximum atomic E-state index is 12.0. The first-order valence-corrected chi connectivity index (χ1v) is 10.5. The van der Waals surface area contributed by atoms with Gasteiger partial charge in [-0.1, -0.05) is 12.1 Å². The summed E-state index contributed by atoms with van der Waals surface area (Å²) in [5.74, 6) is 0.674. The van der Waals surface area contributed by atoms with Gasteiger partial charge in [-0.05, 0) is 47.5 Å². The van der Waals surface area contributed by atoms with E-state index in [2.05, 4.69) is 0 Å². The predicted molar refractivity (Wildman–Crippen MR) is 109 cm³/mol. The Bertz CT molecular complexity index is 754. The van der Waals surface area contributed by atoms with Crippen LogP contribution >= 0.6 is 0 Å². The molecule has 0 heterocycles. The van der Waals surface area contributed by atoms with E-state index in [0.717, 1.165) is 0 Å². The van der Waals surface area contributed by atoms with Crippen molar-refractivity contribution >= 4 is 34.5 Å². The molecule has 0 aliphatic rings. The van der Waals surface area contributed by atoms with Crippen LogP contribution in [0.1, 0.15) is 11.1 Å². The van der Waals surface area contributed by atoms with E-state index in [1.54, 1.807) is 36.4 Å². The van der Waals surface area contributed by atoms with Crippen molar-refractivity contribution < 1.29 is 28.8 Å². The molecule has 2 rings (SSSR count). The lowest BCUT2D eigenvalue weighted by molar-refractivity contribution is 0.373. The molecule has 0 aliphatic heterocycles. The second-order valence-corrected chi connectivity index (χ2v) is 8.36. The summed E-state index contributed by atoms with van der Waals surface area (Å²) in [7, 11) is 2.91. The zero-order valence-corrected chi connectivity index (χ0v) is 16.5. The minimum atomic E-state index is -1.45. The molecule has 2 unspecified atom stereocenters. The molecule has 144 valence electrons. The van der Waals surface area contributed by atoms with Crippen LogP contribution in [0.5, 0.6) is 23.0 Å². The van der Waals surface area contributed by atoms with Gasteiger partial charge >= 0.3 is 0 Å². The Hall–Kier alpha value is -2.26. The molecule has 0 bridgehead atoms. The maximum absolute atomic E-state index is 12.0. The fourth-order valence-electron chi connectivity index (χ4n) is 2.12. The monoisotopic (exact) mass is 408 g/mol. The summed E-state index contributed by atoms with van der Waals surface area (Å²) in [6.07, 6.45) is 3.16. The van der Waals surface area contributed by atoms with E-state index in [0.29, 0.717) is 22.6 Å². The standard InChI is InChI=1S/C19H20O6S2/c1-24-18-5-3-14(11-16(18)20)7-9-26(22)13-27(23)10-8-15-4-6-19(25-2)17(21)12-15/h3-12,20-21H,13H2,1-2H3/b9-7+,10-8+. The van der Waals surface area contributed by atoms with Crippen molar-refractivity contribution in [3.8, 4) is 23.0 Å².